The van der Waals surface area contributed by atoms with E-state index in [1.807, 2.05) is 20.0 Å². The van der Waals surface area contributed by atoms with E-state index < -0.39 is 5.60 Å². The van der Waals surface area contributed by atoms with E-state index in [2.05, 4.69) is 54.5 Å². The maximum atomic E-state index is 10.8. The van der Waals surface area contributed by atoms with E-state index in [-0.39, 0.29) is 24.0 Å². The number of nitrogens with zero attached hydrogens (tertiary/aromatic N) is 5. The van der Waals surface area contributed by atoms with E-state index in [4.69, 9.17) is 4.74 Å². The van der Waals surface area contributed by atoms with Crippen molar-refractivity contribution < 1.29 is 9.84 Å². The molecule has 0 spiro atoms. The van der Waals surface area contributed by atoms with Crippen molar-refractivity contribution in [1.29, 1.82) is 0 Å². The van der Waals surface area contributed by atoms with Crippen molar-refractivity contribution in [2.75, 3.05) is 84.1 Å². The van der Waals surface area contributed by atoms with Gasteiger partial charge in [0.2, 0.25) is 0 Å². The Hall–Kier alpha value is -1.21. The fourth-order valence-electron chi connectivity index (χ4n) is 3.82. The zero-order valence-corrected chi connectivity index (χ0v) is 22.0. The van der Waals surface area contributed by atoms with Gasteiger partial charge in [-0.1, -0.05) is 6.07 Å². The van der Waals surface area contributed by atoms with Crippen LogP contribution in [-0.2, 0) is 11.3 Å². The number of likely N-dealkylation sites (N-methyl/N-ethyl adjacent to an activating group) is 1. The minimum atomic E-state index is -0.848. The van der Waals surface area contributed by atoms with Crippen LogP contribution in [0.1, 0.15) is 19.4 Å². The number of halogens is 1. The molecule has 182 valence electrons. The SMILES string of the molecule is CCNC(=NCc1ccc(N2CCN(C)CC2)nc1)NCC(C)(O)CN1CCOCC1.I. The fraction of sp³-hybridized carbons (Fsp3) is 0.727. The third kappa shape index (κ3) is 8.97. The van der Waals surface area contributed by atoms with Crippen LogP contribution in [0.4, 0.5) is 5.82 Å². The number of hydrogen-bond acceptors (Lipinski definition) is 7. The summed E-state index contributed by atoms with van der Waals surface area (Å²) in [5.41, 5.74) is 0.217. The average molecular weight is 562 g/mol. The average Bonchev–Trinajstić information content (AvgIpc) is 2.77. The van der Waals surface area contributed by atoms with Gasteiger partial charge in [-0.15, -0.1) is 24.0 Å². The summed E-state index contributed by atoms with van der Waals surface area (Å²) in [4.78, 5) is 16.2. The molecule has 1 aromatic heterocycles. The van der Waals surface area contributed by atoms with Crippen LogP contribution in [0.15, 0.2) is 23.3 Å². The zero-order chi connectivity index (χ0) is 22.1. The Morgan fingerprint density at radius 1 is 1.16 bits per heavy atom. The van der Waals surface area contributed by atoms with Gasteiger partial charge in [-0.25, -0.2) is 9.98 Å². The lowest BCUT2D eigenvalue weighted by Gasteiger charge is -2.34. The van der Waals surface area contributed by atoms with Crippen LogP contribution >= 0.6 is 24.0 Å². The van der Waals surface area contributed by atoms with Gasteiger partial charge in [0.15, 0.2) is 5.96 Å². The molecule has 3 heterocycles. The number of ether oxygens (including phenoxy) is 1. The Morgan fingerprint density at radius 2 is 1.88 bits per heavy atom. The van der Waals surface area contributed by atoms with Gasteiger partial charge in [0, 0.05) is 65.1 Å². The summed E-state index contributed by atoms with van der Waals surface area (Å²) in [6.07, 6.45) is 1.91. The summed E-state index contributed by atoms with van der Waals surface area (Å²) in [5, 5.41) is 17.3. The van der Waals surface area contributed by atoms with Crippen LogP contribution in [0.5, 0.6) is 0 Å². The second-order valence-electron chi connectivity index (χ2n) is 8.75. The van der Waals surface area contributed by atoms with Gasteiger partial charge < -0.3 is 30.3 Å². The molecule has 0 saturated carbocycles. The van der Waals surface area contributed by atoms with Gasteiger partial charge in [-0.2, -0.15) is 0 Å². The van der Waals surface area contributed by atoms with Crippen LogP contribution < -0.4 is 15.5 Å². The van der Waals surface area contributed by atoms with E-state index in [0.717, 1.165) is 70.4 Å². The first-order valence-electron chi connectivity index (χ1n) is 11.4. The molecule has 2 fully saturated rings. The number of aliphatic hydroxyl groups is 1. The third-order valence-corrected chi connectivity index (χ3v) is 5.70. The highest BCUT2D eigenvalue weighted by Crippen LogP contribution is 2.14. The maximum Gasteiger partial charge on any atom is 0.191 e. The first-order chi connectivity index (χ1) is 14.9. The molecule has 2 saturated heterocycles. The normalized spacial score (nSPS) is 20.4. The summed E-state index contributed by atoms with van der Waals surface area (Å²) in [7, 11) is 2.16. The molecule has 0 radical (unpaired) electrons. The predicted octanol–water partition coefficient (Wildman–Crippen LogP) is 0.590. The Labute approximate surface area is 209 Å². The minimum absolute atomic E-state index is 0. The highest BCUT2D eigenvalue weighted by molar-refractivity contribution is 14.0. The number of anilines is 1. The molecule has 1 atom stereocenters. The fourth-order valence-corrected chi connectivity index (χ4v) is 3.82. The highest BCUT2D eigenvalue weighted by atomic mass is 127. The summed E-state index contributed by atoms with van der Waals surface area (Å²) in [6, 6.07) is 4.19. The minimum Gasteiger partial charge on any atom is -0.387 e. The zero-order valence-electron chi connectivity index (χ0n) is 19.7. The van der Waals surface area contributed by atoms with E-state index in [1.165, 1.54) is 0 Å². The Morgan fingerprint density at radius 3 is 2.50 bits per heavy atom. The quantitative estimate of drug-likeness (QED) is 0.242. The molecular formula is C22H40IN7O2. The van der Waals surface area contributed by atoms with E-state index >= 15 is 0 Å². The molecule has 1 aromatic rings. The topological polar surface area (TPSA) is 88.5 Å². The number of guanidine groups is 1. The maximum absolute atomic E-state index is 10.8. The monoisotopic (exact) mass is 561 g/mol. The standard InChI is InChI=1S/C22H39N7O2.HI/c1-4-23-21(26-17-22(2,30)18-28-11-13-31-14-12-28)25-16-19-5-6-20(24-15-19)29-9-7-27(3)8-10-29;/h5-6,15,30H,4,7-14,16-18H2,1-3H3,(H2,23,25,26);1H. The van der Waals surface area contributed by atoms with Crippen LogP contribution in [-0.4, -0.2) is 111 Å². The Bertz CT molecular complexity index is 688. The molecule has 0 aromatic carbocycles. The molecule has 10 heteroatoms. The summed E-state index contributed by atoms with van der Waals surface area (Å²) < 4.78 is 5.39. The van der Waals surface area contributed by atoms with E-state index in [9.17, 15) is 5.11 Å². The van der Waals surface area contributed by atoms with Crippen LogP contribution in [0.2, 0.25) is 0 Å². The molecule has 2 aliphatic heterocycles. The summed E-state index contributed by atoms with van der Waals surface area (Å²) >= 11 is 0. The van der Waals surface area contributed by atoms with E-state index in [0.29, 0.717) is 25.6 Å². The van der Waals surface area contributed by atoms with Gasteiger partial charge >= 0.3 is 0 Å². The molecule has 0 aliphatic carbocycles. The van der Waals surface area contributed by atoms with E-state index in [1.54, 1.807) is 0 Å². The van der Waals surface area contributed by atoms with Crippen LogP contribution in [0.3, 0.4) is 0 Å². The molecule has 32 heavy (non-hydrogen) atoms. The second-order valence-corrected chi connectivity index (χ2v) is 8.75. The number of pyridine rings is 1. The predicted molar refractivity (Wildman–Crippen MR) is 140 cm³/mol. The molecule has 1 unspecified atom stereocenters. The molecule has 0 bridgehead atoms. The summed E-state index contributed by atoms with van der Waals surface area (Å²) in [6.45, 7) is 13.6. The first kappa shape index (κ1) is 27.0. The van der Waals surface area contributed by atoms with Gasteiger partial charge in [0.05, 0.1) is 25.4 Å². The number of rotatable bonds is 8. The lowest BCUT2D eigenvalue weighted by molar-refractivity contribution is -0.0201. The lowest BCUT2D eigenvalue weighted by Crippen LogP contribution is -2.52. The van der Waals surface area contributed by atoms with Crippen molar-refractivity contribution in [3.8, 4) is 0 Å². The smallest absolute Gasteiger partial charge is 0.191 e. The molecule has 9 nitrogen and oxygen atoms in total. The molecule has 3 N–H and O–H groups in total. The molecular weight excluding hydrogens is 521 g/mol. The number of hydrogen-bond donors (Lipinski definition) is 3. The number of β-amino-alcohol motifs (C(OH)–C–C–N with tert-alkyl or cyclic N) is 1. The Kier molecular flexibility index (Phi) is 11.4. The van der Waals surface area contributed by atoms with Gasteiger partial charge in [0.1, 0.15) is 5.82 Å². The van der Waals surface area contributed by atoms with Crippen molar-refractivity contribution in [2.45, 2.75) is 26.0 Å². The highest BCUT2D eigenvalue weighted by Gasteiger charge is 2.25. The van der Waals surface area contributed by atoms with Crippen molar-refractivity contribution in [3.05, 3.63) is 23.9 Å². The van der Waals surface area contributed by atoms with Crippen molar-refractivity contribution in [2.24, 2.45) is 4.99 Å². The summed E-state index contributed by atoms with van der Waals surface area (Å²) in [5.74, 6) is 1.73. The lowest BCUT2D eigenvalue weighted by atomic mass is 10.1. The van der Waals surface area contributed by atoms with Crippen LogP contribution in [0.25, 0.3) is 0 Å². The number of aromatic nitrogens is 1. The first-order valence-corrected chi connectivity index (χ1v) is 11.4. The molecule has 0 amide bonds. The van der Waals surface area contributed by atoms with Crippen molar-refractivity contribution in [3.63, 3.8) is 0 Å². The molecule has 2 aliphatic rings. The van der Waals surface area contributed by atoms with Gasteiger partial charge in [-0.3, -0.25) is 4.90 Å². The third-order valence-electron chi connectivity index (χ3n) is 5.70. The van der Waals surface area contributed by atoms with Crippen molar-refractivity contribution in [1.82, 2.24) is 25.4 Å². The number of piperazine rings is 1. The largest absolute Gasteiger partial charge is 0.387 e. The van der Waals surface area contributed by atoms with Gasteiger partial charge in [0.25, 0.3) is 0 Å². The Balaban J connectivity index is 0.00000363. The molecule has 3 rings (SSSR count). The van der Waals surface area contributed by atoms with Gasteiger partial charge in [-0.05, 0) is 32.5 Å². The number of aliphatic imine (C=N–C) groups is 1. The number of morpholine rings is 1. The van der Waals surface area contributed by atoms with Crippen LogP contribution in [0, 0.1) is 0 Å². The van der Waals surface area contributed by atoms with Crippen molar-refractivity contribution >= 4 is 35.8 Å². The number of nitrogens with one attached hydrogen (secondary N) is 2. The second kappa shape index (κ2) is 13.5.